The Balaban J connectivity index is 0.00000441. The predicted molar refractivity (Wildman–Crippen MR) is 91.3 cm³/mol. The number of hydrogen-bond acceptors (Lipinski definition) is 2. The third kappa shape index (κ3) is 6.84. The minimum atomic E-state index is -4.45. The number of rotatable bonds is 5. The molecule has 1 aromatic rings. The Hall–Kier alpha value is -1.00. The van der Waals surface area contributed by atoms with Gasteiger partial charge in [0.25, 0.3) is 0 Å². The van der Waals surface area contributed by atoms with Crippen molar-refractivity contribution >= 4 is 29.9 Å². The van der Waals surface area contributed by atoms with Crippen molar-refractivity contribution in [3.05, 3.63) is 17.5 Å². The number of hydrogen-bond donors (Lipinski definition) is 2. The summed E-state index contributed by atoms with van der Waals surface area (Å²) in [6, 6.07) is 0. The second-order valence-electron chi connectivity index (χ2n) is 5.21. The van der Waals surface area contributed by atoms with Gasteiger partial charge in [-0.1, -0.05) is 13.8 Å². The molecule has 0 saturated heterocycles. The molecule has 1 aromatic heterocycles. The summed E-state index contributed by atoms with van der Waals surface area (Å²) in [5.41, 5.74) is -0.771. The van der Waals surface area contributed by atoms with Crippen LogP contribution in [0.25, 0.3) is 0 Å². The summed E-state index contributed by atoms with van der Waals surface area (Å²) < 4.78 is 39.6. The molecule has 0 amide bonds. The number of halogens is 4. The maximum atomic E-state index is 12.8. The van der Waals surface area contributed by atoms with Crippen molar-refractivity contribution in [3.8, 4) is 0 Å². The van der Waals surface area contributed by atoms with E-state index in [4.69, 9.17) is 0 Å². The maximum Gasteiger partial charge on any atom is 0.435 e. The molecule has 0 aliphatic heterocycles. The number of aryl methyl sites for hydroxylation is 1. The second-order valence-corrected chi connectivity index (χ2v) is 5.21. The summed E-state index contributed by atoms with van der Waals surface area (Å²) in [5, 5.41) is 9.40. The molecule has 5 nitrogen and oxygen atoms in total. The Morgan fingerprint density at radius 2 is 2.00 bits per heavy atom. The van der Waals surface area contributed by atoms with Crippen LogP contribution in [0.4, 0.5) is 13.2 Å². The molecule has 9 heteroatoms. The predicted octanol–water partition coefficient (Wildman–Crippen LogP) is 2.77. The van der Waals surface area contributed by atoms with Crippen LogP contribution in [0.2, 0.25) is 0 Å². The Morgan fingerprint density at radius 3 is 2.50 bits per heavy atom. The number of aliphatic imine (C=N–C) groups is 1. The Labute approximate surface area is 145 Å². The van der Waals surface area contributed by atoms with Gasteiger partial charge >= 0.3 is 6.18 Å². The molecule has 2 N–H and O–H groups in total. The standard InChI is InChI=1S/C13H22F3N5.HI/c1-9(2)5-6-18-12(17-3)19-7-10-8-21(4)20-11(10)13(14,15)16;/h8-9H,5-7H2,1-4H3,(H2,17,18,19);1H. The highest BCUT2D eigenvalue weighted by Crippen LogP contribution is 2.30. The molecule has 0 spiro atoms. The molecular weight excluding hydrogens is 410 g/mol. The van der Waals surface area contributed by atoms with Crippen LogP contribution >= 0.6 is 24.0 Å². The van der Waals surface area contributed by atoms with E-state index < -0.39 is 11.9 Å². The van der Waals surface area contributed by atoms with Gasteiger partial charge in [-0.15, -0.1) is 24.0 Å². The first-order chi connectivity index (χ1) is 9.74. The van der Waals surface area contributed by atoms with Crippen LogP contribution < -0.4 is 10.6 Å². The van der Waals surface area contributed by atoms with Crippen LogP contribution in [0.1, 0.15) is 31.5 Å². The van der Waals surface area contributed by atoms with E-state index in [1.807, 2.05) is 0 Å². The number of nitrogens with zero attached hydrogens (tertiary/aromatic N) is 3. The fourth-order valence-corrected chi connectivity index (χ4v) is 1.78. The van der Waals surface area contributed by atoms with Gasteiger partial charge in [-0.2, -0.15) is 18.3 Å². The minimum Gasteiger partial charge on any atom is -0.356 e. The van der Waals surface area contributed by atoms with Crippen molar-refractivity contribution in [2.45, 2.75) is 33.0 Å². The average molecular weight is 433 g/mol. The van der Waals surface area contributed by atoms with Gasteiger partial charge in [0.1, 0.15) is 0 Å². The van der Waals surface area contributed by atoms with Crippen LogP contribution in [0.5, 0.6) is 0 Å². The fourth-order valence-electron chi connectivity index (χ4n) is 1.78. The van der Waals surface area contributed by atoms with E-state index >= 15 is 0 Å². The third-order valence-electron chi connectivity index (χ3n) is 2.86. The highest BCUT2D eigenvalue weighted by Gasteiger charge is 2.36. The Bertz CT molecular complexity index is 483. The van der Waals surface area contributed by atoms with E-state index in [-0.39, 0.29) is 36.1 Å². The van der Waals surface area contributed by atoms with Gasteiger partial charge in [0, 0.05) is 38.9 Å². The molecule has 0 aliphatic rings. The molecule has 0 saturated carbocycles. The summed E-state index contributed by atoms with van der Waals surface area (Å²) >= 11 is 0. The summed E-state index contributed by atoms with van der Waals surface area (Å²) in [4.78, 5) is 3.98. The van der Waals surface area contributed by atoms with E-state index in [0.717, 1.165) is 17.6 Å². The van der Waals surface area contributed by atoms with Crippen molar-refractivity contribution in [1.82, 2.24) is 20.4 Å². The molecule has 0 aromatic carbocycles. The lowest BCUT2D eigenvalue weighted by Crippen LogP contribution is -2.37. The third-order valence-corrected chi connectivity index (χ3v) is 2.86. The van der Waals surface area contributed by atoms with E-state index in [2.05, 4.69) is 34.6 Å². The molecule has 0 radical (unpaired) electrons. The maximum absolute atomic E-state index is 12.8. The van der Waals surface area contributed by atoms with Crippen LogP contribution in [0.3, 0.4) is 0 Å². The zero-order valence-electron chi connectivity index (χ0n) is 13.2. The monoisotopic (exact) mass is 433 g/mol. The highest BCUT2D eigenvalue weighted by atomic mass is 127. The number of aromatic nitrogens is 2. The quantitative estimate of drug-likeness (QED) is 0.427. The molecule has 0 aliphatic carbocycles. The summed E-state index contributed by atoms with van der Waals surface area (Å²) in [6.45, 7) is 4.94. The van der Waals surface area contributed by atoms with Crippen LogP contribution in [0.15, 0.2) is 11.2 Å². The first-order valence-corrected chi connectivity index (χ1v) is 6.78. The lowest BCUT2D eigenvalue weighted by Gasteiger charge is -2.13. The normalized spacial score (nSPS) is 12.3. The van der Waals surface area contributed by atoms with Gasteiger partial charge in [-0.05, 0) is 12.3 Å². The molecule has 1 rings (SSSR count). The van der Waals surface area contributed by atoms with Gasteiger partial charge in [0.15, 0.2) is 11.7 Å². The number of alkyl halides is 3. The molecule has 22 heavy (non-hydrogen) atoms. The van der Waals surface area contributed by atoms with Crippen molar-refractivity contribution in [2.24, 2.45) is 18.0 Å². The molecule has 0 unspecified atom stereocenters. The highest BCUT2D eigenvalue weighted by molar-refractivity contribution is 14.0. The fraction of sp³-hybridized carbons (Fsp3) is 0.692. The Kier molecular flexibility index (Phi) is 8.79. The molecule has 0 fully saturated rings. The number of guanidine groups is 1. The zero-order valence-corrected chi connectivity index (χ0v) is 15.5. The average Bonchev–Trinajstić information content (AvgIpc) is 2.74. The van der Waals surface area contributed by atoms with Crippen LogP contribution in [-0.4, -0.2) is 29.3 Å². The molecular formula is C13H23F3IN5. The second kappa shape index (κ2) is 9.21. The van der Waals surface area contributed by atoms with E-state index in [9.17, 15) is 13.2 Å². The van der Waals surface area contributed by atoms with Crippen molar-refractivity contribution in [1.29, 1.82) is 0 Å². The zero-order chi connectivity index (χ0) is 16.0. The van der Waals surface area contributed by atoms with Crippen molar-refractivity contribution < 1.29 is 13.2 Å². The molecule has 0 bridgehead atoms. The summed E-state index contributed by atoms with van der Waals surface area (Å²) in [7, 11) is 3.05. The largest absolute Gasteiger partial charge is 0.435 e. The summed E-state index contributed by atoms with van der Waals surface area (Å²) in [6.07, 6.45) is -2.13. The van der Waals surface area contributed by atoms with Crippen molar-refractivity contribution in [3.63, 3.8) is 0 Å². The first kappa shape index (κ1) is 21.0. The smallest absolute Gasteiger partial charge is 0.356 e. The minimum absolute atomic E-state index is 0. The van der Waals surface area contributed by atoms with Gasteiger partial charge < -0.3 is 10.6 Å². The van der Waals surface area contributed by atoms with Crippen LogP contribution in [-0.2, 0) is 19.8 Å². The van der Waals surface area contributed by atoms with E-state index in [0.29, 0.717) is 11.9 Å². The molecule has 128 valence electrons. The Morgan fingerprint density at radius 1 is 1.36 bits per heavy atom. The molecule has 1 heterocycles. The summed E-state index contributed by atoms with van der Waals surface area (Å²) in [5.74, 6) is 1.03. The van der Waals surface area contributed by atoms with E-state index in [1.165, 1.54) is 13.2 Å². The lowest BCUT2D eigenvalue weighted by molar-refractivity contribution is -0.142. The number of nitrogens with one attached hydrogen (secondary N) is 2. The lowest BCUT2D eigenvalue weighted by atomic mass is 10.1. The topological polar surface area (TPSA) is 54.2 Å². The molecule has 0 atom stereocenters. The van der Waals surface area contributed by atoms with Gasteiger partial charge in [-0.3, -0.25) is 9.67 Å². The SMILES string of the molecule is CN=C(NCCC(C)C)NCc1cn(C)nc1C(F)(F)F.I. The van der Waals surface area contributed by atoms with E-state index in [1.54, 1.807) is 7.05 Å². The van der Waals surface area contributed by atoms with Gasteiger partial charge in [0.2, 0.25) is 0 Å². The van der Waals surface area contributed by atoms with Gasteiger partial charge in [-0.25, -0.2) is 0 Å². The van der Waals surface area contributed by atoms with Crippen LogP contribution in [0, 0.1) is 5.92 Å². The van der Waals surface area contributed by atoms with Gasteiger partial charge in [0.05, 0.1) is 0 Å². The first-order valence-electron chi connectivity index (χ1n) is 6.78. The van der Waals surface area contributed by atoms with Crippen molar-refractivity contribution in [2.75, 3.05) is 13.6 Å².